The quantitative estimate of drug-likeness (QED) is 0.604. The summed E-state index contributed by atoms with van der Waals surface area (Å²) in [6.07, 6.45) is 0. The molecule has 26 heavy (non-hydrogen) atoms. The van der Waals surface area contributed by atoms with Crippen molar-refractivity contribution in [3.8, 4) is 11.3 Å². The fourth-order valence-electron chi connectivity index (χ4n) is 2.67. The number of carbonyl (C=O) groups is 1. The van der Waals surface area contributed by atoms with Crippen molar-refractivity contribution in [2.75, 3.05) is 23.3 Å². The zero-order valence-corrected chi connectivity index (χ0v) is 16.3. The molecule has 1 amide bonds. The Morgan fingerprint density at radius 2 is 1.73 bits per heavy atom. The molecular weight excluding hydrogens is 366 g/mol. The summed E-state index contributed by atoms with van der Waals surface area (Å²) in [7, 11) is 0. The average molecular weight is 386 g/mol. The van der Waals surface area contributed by atoms with Crippen LogP contribution in [0.3, 0.4) is 0 Å². The first-order chi connectivity index (χ1) is 12.6. The molecule has 0 radical (unpaired) electrons. The molecule has 0 spiro atoms. The zero-order chi connectivity index (χ0) is 18.5. The van der Waals surface area contributed by atoms with Crippen LogP contribution in [0.15, 0.2) is 53.9 Å². The van der Waals surface area contributed by atoms with Crippen LogP contribution in [0.2, 0.25) is 5.02 Å². The lowest BCUT2D eigenvalue weighted by Crippen LogP contribution is -2.21. The van der Waals surface area contributed by atoms with E-state index in [0.29, 0.717) is 15.7 Å². The van der Waals surface area contributed by atoms with E-state index in [4.69, 9.17) is 11.6 Å². The molecule has 0 saturated heterocycles. The van der Waals surface area contributed by atoms with Gasteiger partial charge >= 0.3 is 0 Å². The molecule has 3 rings (SSSR count). The van der Waals surface area contributed by atoms with Crippen LogP contribution in [0, 0.1) is 0 Å². The number of thiazole rings is 1. The Bertz CT molecular complexity index is 871. The van der Waals surface area contributed by atoms with Crippen molar-refractivity contribution in [1.82, 2.24) is 4.98 Å². The minimum atomic E-state index is -0.159. The standard InChI is InChI=1S/C20H20ClN3OS/c1-3-24(4-2)17-11-7-15(8-12-17)19(25)23-20-22-18(13-26-20)14-5-9-16(21)10-6-14/h5-13H,3-4H2,1-2H3,(H,22,23,25). The van der Waals surface area contributed by atoms with E-state index in [0.717, 1.165) is 30.0 Å². The van der Waals surface area contributed by atoms with E-state index >= 15 is 0 Å². The summed E-state index contributed by atoms with van der Waals surface area (Å²) < 4.78 is 0. The zero-order valence-electron chi connectivity index (χ0n) is 14.7. The summed E-state index contributed by atoms with van der Waals surface area (Å²) in [6.45, 7) is 6.11. The number of anilines is 2. The lowest BCUT2D eigenvalue weighted by Gasteiger charge is -2.20. The number of nitrogens with one attached hydrogen (secondary N) is 1. The number of amides is 1. The number of aromatic nitrogens is 1. The summed E-state index contributed by atoms with van der Waals surface area (Å²) in [5.41, 5.74) is 3.52. The van der Waals surface area contributed by atoms with Crippen LogP contribution in [0.4, 0.5) is 10.8 Å². The number of hydrogen-bond donors (Lipinski definition) is 1. The maximum atomic E-state index is 12.4. The second-order valence-corrected chi connectivity index (χ2v) is 7.01. The van der Waals surface area contributed by atoms with Gasteiger partial charge in [-0.05, 0) is 50.2 Å². The summed E-state index contributed by atoms with van der Waals surface area (Å²) >= 11 is 7.31. The van der Waals surface area contributed by atoms with Gasteiger partial charge < -0.3 is 4.90 Å². The molecule has 2 aromatic carbocycles. The highest BCUT2D eigenvalue weighted by atomic mass is 35.5. The van der Waals surface area contributed by atoms with Crippen molar-refractivity contribution in [2.45, 2.75) is 13.8 Å². The second-order valence-electron chi connectivity index (χ2n) is 5.72. The van der Waals surface area contributed by atoms with Crippen LogP contribution in [0.5, 0.6) is 0 Å². The topological polar surface area (TPSA) is 45.2 Å². The van der Waals surface area contributed by atoms with E-state index in [1.165, 1.54) is 11.3 Å². The number of hydrogen-bond acceptors (Lipinski definition) is 4. The summed E-state index contributed by atoms with van der Waals surface area (Å²) in [5, 5.41) is 6.05. The van der Waals surface area contributed by atoms with Crippen LogP contribution >= 0.6 is 22.9 Å². The van der Waals surface area contributed by atoms with Gasteiger partial charge in [0.1, 0.15) is 0 Å². The van der Waals surface area contributed by atoms with Crippen LogP contribution in [-0.4, -0.2) is 24.0 Å². The molecule has 0 aliphatic rings. The van der Waals surface area contributed by atoms with Gasteiger partial charge in [-0.2, -0.15) is 0 Å². The van der Waals surface area contributed by atoms with Crippen molar-refractivity contribution in [3.63, 3.8) is 0 Å². The van der Waals surface area contributed by atoms with E-state index in [9.17, 15) is 4.79 Å². The van der Waals surface area contributed by atoms with Crippen molar-refractivity contribution >= 4 is 39.7 Å². The number of benzene rings is 2. The molecule has 1 N–H and O–H groups in total. The molecule has 0 atom stereocenters. The highest BCUT2D eigenvalue weighted by Gasteiger charge is 2.11. The molecule has 0 aliphatic carbocycles. The Morgan fingerprint density at radius 3 is 2.35 bits per heavy atom. The normalized spacial score (nSPS) is 10.6. The fourth-order valence-corrected chi connectivity index (χ4v) is 3.51. The summed E-state index contributed by atoms with van der Waals surface area (Å²) in [4.78, 5) is 19.2. The van der Waals surface area contributed by atoms with Gasteiger partial charge in [-0.1, -0.05) is 23.7 Å². The van der Waals surface area contributed by atoms with Crippen molar-refractivity contribution in [3.05, 3.63) is 64.5 Å². The smallest absolute Gasteiger partial charge is 0.257 e. The van der Waals surface area contributed by atoms with E-state index in [-0.39, 0.29) is 5.91 Å². The maximum absolute atomic E-state index is 12.4. The second kappa shape index (κ2) is 8.34. The predicted octanol–water partition coefficient (Wildman–Crippen LogP) is 5.56. The Hall–Kier alpha value is -2.37. The van der Waals surface area contributed by atoms with Gasteiger partial charge in [0.05, 0.1) is 5.69 Å². The Morgan fingerprint density at radius 1 is 1.08 bits per heavy atom. The van der Waals surface area contributed by atoms with Gasteiger partial charge in [-0.15, -0.1) is 11.3 Å². The first-order valence-electron chi connectivity index (χ1n) is 8.48. The van der Waals surface area contributed by atoms with Gasteiger partial charge in [0.2, 0.25) is 0 Å². The minimum absolute atomic E-state index is 0.159. The lowest BCUT2D eigenvalue weighted by molar-refractivity contribution is 0.102. The molecule has 6 heteroatoms. The number of rotatable bonds is 6. The van der Waals surface area contributed by atoms with Crippen LogP contribution in [0.1, 0.15) is 24.2 Å². The monoisotopic (exact) mass is 385 g/mol. The summed E-state index contributed by atoms with van der Waals surface area (Å²) in [5.74, 6) is -0.159. The summed E-state index contributed by atoms with van der Waals surface area (Å²) in [6, 6.07) is 15.1. The van der Waals surface area contributed by atoms with E-state index in [2.05, 4.69) is 29.0 Å². The van der Waals surface area contributed by atoms with Crippen LogP contribution < -0.4 is 10.2 Å². The van der Waals surface area contributed by atoms with Crippen LogP contribution in [-0.2, 0) is 0 Å². The predicted molar refractivity (Wildman–Crippen MR) is 111 cm³/mol. The average Bonchev–Trinajstić information content (AvgIpc) is 3.12. The largest absolute Gasteiger partial charge is 0.372 e. The molecular formula is C20H20ClN3OS. The molecule has 0 saturated carbocycles. The Kier molecular flexibility index (Phi) is 5.91. The molecule has 1 heterocycles. The highest BCUT2D eigenvalue weighted by Crippen LogP contribution is 2.26. The molecule has 0 fully saturated rings. The highest BCUT2D eigenvalue weighted by molar-refractivity contribution is 7.14. The van der Waals surface area contributed by atoms with Crippen LogP contribution in [0.25, 0.3) is 11.3 Å². The Labute approximate surface area is 162 Å². The molecule has 1 aromatic heterocycles. The number of carbonyl (C=O) groups excluding carboxylic acids is 1. The number of halogens is 1. The van der Waals surface area contributed by atoms with Crippen molar-refractivity contribution < 1.29 is 4.79 Å². The number of nitrogens with zero attached hydrogens (tertiary/aromatic N) is 2. The molecule has 134 valence electrons. The SMILES string of the molecule is CCN(CC)c1ccc(C(=O)Nc2nc(-c3ccc(Cl)cc3)cs2)cc1. The van der Waals surface area contributed by atoms with Gasteiger partial charge in [0, 0.05) is 40.3 Å². The van der Waals surface area contributed by atoms with Gasteiger partial charge in [-0.3, -0.25) is 10.1 Å². The first-order valence-corrected chi connectivity index (χ1v) is 9.74. The van der Waals surface area contributed by atoms with Gasteiger partial charge in [0.15, 0.2) is 5.13 Å². The molecule has 4 nitrogen and oxygen atoms in total. The maximum Gasteiger partial charge on any atom is 0.257 e. The van der Waals surface area contributed by atoms with E-state index in [1.807, 2.05) is 53.9 Å². The third kappa shape index (κ3) is 4.23. The Balaban J connectivity index is 1.69. The van der Waals surface area contributed by atoms with Crippen molar-refractivity contribution in [2.24, 2.45) is 0 Å². The van der Waals surface area contributed by atoms with Gasteiger partial charge in [-0.25, -0.2) is 4.98 Å². The molecule has 0 aliphatic heterocycles. The van der Waals surface area contributed by atoms with Crippen molar-refractivity contribution in [1.29, 1.82) is 0 Å². The molecule has 3 aromatic rings. The van der Waals surface area contributed by atoms with E-state index in [1.54, 1.807) is 0 Å². The first kappa shape index (κ1) is 18.4. The molecule has 0 bridgehead atoms. The fraction of sp³-hybridized carbons (Fsp3) is 0.200. The third-order valence-corrected chi connectivity index (χ3v) is 5.13. The molecule has 0 unspecified atom stereocenters. The van der Waals surface area contributed by atoms with Gasteiger partial charge in [0.25, 0.3) is 5.91 Å². The third-order valence-electron chi connectivity index (χ3n) is 4.12. The lowest BCUT2D eigenvalue weighted by atomic mass is 10.2. The van der Waals surface area contributed by atoms with E-state index < -0.39 is 0 Å². The minimum Gasteiger partial charge on any atom is -0.372 e.